The maximum Gasteiger partial charge on any atom is 0.387 e. The minimum Gasteiger partial charge on any atom is -0.434 e. The molecule has 2 aromatic rings. The number of ether oxygens (including phenoxy) is 2. The SMILES string of the molecule is CC1=C(C(=O)N2CCOCC2)[C@H](c2ccccc2OC(F)F)NC(=S)N1c1ccc(C)c(F)c1. The van der Waals surface area contributed by atoms with E-state index in [1.54, 1.807) is 54.0 Å². The highest BCUT2D eigenvalue weighted by Crippen LogP contribution is 2.38. The van der Waals surface area contributed by atoms with E-state index in [2.05, 4.69) is 5.32 Å². The highest BCUT2D eigenvalue weighted by atomic mass is 32.1. The molecule has 10 heteroatoms. The quantitative estimate of drug-likeness (QED) is 0.630. The molecule has 2 aromatic carbocycles. The summed E-state index contributed by atoms with van der Waals surface area (Å²) >= 11 is 5.59. The van der Waals surface area contributed by atoms with Crippen LogP contribution in [0.1, 0.15) is 24.1 Å². The maximum absolute atomic E-state index is 14.4. The molecule has 1 atom stereocenters. The Hall–Kier alpha value is -3.11. The molecule has 4 rings (SSSR count). The first-order valence-electron chi connectivity index (χ1n) is 10.8. The summed E-state index contributed by atoms with van der Waals surface area (Å²) < 4.78 is 50.7. The number of aryl methyl sites for hydroxylation is 1. The Morgan fingerprint density at radius 2 is 1.88 bits per heavy atom. The number of hydrogen-bond donors (Lipinski definition) is 1. The van der Waals surface area contributed by atoms with Crippen molar-refractivity contribution in [3.8, 4) is 5.75 Å². The van der Waals surface area contributed by atoms with Crippen molar-refractivity contribution in [3.05, 3.63) is 70.7 Å². The highest BCUT2D eigenvalue weighted by molar-refractivity contribution is 7.80. The van der Waals surface area contributed by atoms with Crippen LogP contribution in [0.3, 0.4) is 0 Å². The van der Waals surface area contributed by atoms with Crippen LogP contribution in [-0.4, -0.2) is 48.8 Å². The predicted molar refractivity (Wildman–Crippen MR) is 125 cm³/mol. The van der Waals surface area contributed by atoms with Crippen molar-refractivity contribution in [1.29, 1.82) is 0 Å². The third-order valence-corrected chi connectivity index (χ3v) is 6.17. The summed E-state index contributed by atoms with van der Waals surface area (Å²) in [5, 5.41) is 3.31. The molecule has 1 fully saturated rings. The van der Waals surface area contributed by atoms with E-state index < -0.39 is 18.5 Å². The van der Waals surface area contributed by atoms with E-state index in [1.165, 1.54) is 12.1 Å². The number of rotatable bonds is 5. The third kappa shape index (κ3) is 4.74. The van der Waals surface area contributed by atoms with Crippen molar-refractivity contribution in [2.75, 3.05) is 31.2 Å². The van der Waals surface area contributed by atoms with Crippen LogP contribution in [0.25, 0.3) is 0 Å². The van der Waals surface area contributed by atoms with Crippen LogP contribution in [0.4, 0.5) is 18.9 Å². The number of halogens is 3. The van der Waals surface area contributed by atoms with Gasteiger partial charge in [-0.25, -0.2) is 4.39 Å². The summed E-state index contributed by atoms with van der Waals surface area (Å²) in [7, 11) is 0. The number of anilines is 1. The molecule has 1 amide bonds. The maximum atomic E-state index is 14.4. The monoisotopic (exact) mass is 491 g/mol. The van der Waals surface area contributed by atoms with Crippen molar-refractivity contribution in [2.45, 2.75) is 26.5 Å². The molecule has 34 heavy (non-hydrogen) atoms. The van der Waals surface area contributed by atoms with Gasteiger partial charge in [-0.2, -0.15) is 8.78 Å². The van der Waals surface area contributed by atoms with Crippen LogP contribution < -0.4 is 15.0 Å². The molecule has 0 aromatic heterocycles. The number of morpholine rings is 1. The van der Waals surface area contributed by atoms with Gasteiger partial charge in [0.25, 0.3) is 5.91 Å². The Labute approximate surface area is 200 Å². The minimum absolute atomic E-state index is 0.0623. The van der Waals surface area contributed by atoms with Crippen LogP contribution in [-0.2, 0) is 9.53 Å². The number of nitrogens with one attached hydrogen (secondary N) is 1. The number of allylic oxidation sites excluding steroid dienone is 1. The molecule has 1 N–H and O–H groups in total. The molecule has 2 aliphatic rings. The van der Waals surface area contributed by atoms with Gasteiger partial charge in [-0.3, -0.25) is 9.69 Å². The molecule has 2 aliphatic heterocycles. The van der Waals surface area contributed by atoms with Crippen molar-refractivity contribution < 1.29 is 27.4 Å². The Balaban J connectivity index is 1.85. The van der Waals surface area contributed by atoms with Crippen LogP contribution in [0.15, 0.2) is 53.7 Å². The van der Waals surface area contributed by atoms with Crippen molar-refractivity contribution in [2.24, 2.45) is 0 Å². The fourth-order valence-electron chi connectivity index (χ4n) is 4.14. The normalized spacial score (nSPS) is 18.9. The fourth-order valence-corrected chi connectivity index (χ4v) is 4.50. The van der Waals surface area contributed by atoms with E-state index in [0.29, 0.717) is 54.4 Å². The third-order valence-electron chi connectivity index (χ3n) is 5.87. The van der Waals surface area contributed by atoms with Gasteiger partial charge >= 0.3 is 6.61 Å². The molecule has 0 unspecified atom stereocenters. The number of alkyl halides is 2. The topological polar surface area (TPSA) is 54.0 Å². The van der Waals surface area contributed by atoms with Gasteiger partial charge in [0.2, 0.25) is 0 Å². The van der Waals surface area contributed by atoms with Crippen LogP contribution >= 0.6 is 12.2 Å². The molecule has 0 saturated carbocycles. The Bertz CT molecular complexity index is 1140. The van der Waals surface area contributed by atoms with Crippen LogP contribution in [0.2, 0.25) is 0 Å². The molecule has 6 nitrogen and oxygen atoms in total. The van der Waals surface area contributed by atoms with Gasteiger partial charge in [-0.1, -0.05) is 24.3 Å². The number of carbonyl (C=O) groups is 1. The van der Waals surface area contributed by atoms with Crippen LogP contribution in [0.5, 0.6) is 5.75 Å². The largest absolute Gasteiger partial charge is 0.434 e. The van der Waals surface area contributed by atoms with Gasteiger partial charge in [-0.05, 0) is 49.8 Å². The zero-order valence-corrected chi connectivity index (χ0v) is 19.5. The molecular formula is C24H24F3N3O3S. The zero-order valence-electron chi connectivity index (χ0n) is 18.7. The Morgan fingerprint density at radius 1 is 1.18 bits per heavy atom. The summed E-state index contributed by atoms with van der Waals surface area (Å²) in [4.78, 5) is 17.0. The standard InChI is InChI=1S/C24H24F3N3O3S/c1-14-7-8-16(13-18(14)25)30-15(2)20(22(31)29-9-11-32-12-10-29)21(28-24(30)34)17-5-3-4-6-19(17)33-23(26)27/h3-8,13,21,23H,9-12H2,1-2H3,(H,28,34)/t21-/m0/s1. The number of hydrogen-bond acceptors (Lipinski definition) is 4. The fraction of sp³-hybridized carbons (Fsp3) is 0.333. The number of benzene rings is 2. The smallest absolute Gasteiger partial charge is 0.387 e. The van der Waals surface area contributed by atoms with Crippen molar-refractivity contribution >= 4 is 28.9 Å². The zero-order chi connectivity index (χ0) is 24.4. The van der Waals surface area contributed by atoms with Gasteiger partial charge in [0, 0.05) is 24.4 Å². The number of nitrogens with zero attached hydrogens (tertiary/aromatic N) is 2. The second-order valence-electron chi connectivity index (χ2n) is 7.97. The number of amides is 1. The lowest BCUT2D eigenvalue weighted by atomic mass is 9.92. The van der Waals surface area contributed by atoms with Gasteiger partial charge in [0.05, 0.1) is 30.5 Å². The van der Waals surface area contributed by atoms with Crippen LogP contribution in [0, 0.1) is 12.7 Å². The summed E-state index contributed by atoms with van der Waals surface area (Å²) in [6, 6.07) is 10.1. The summed E-state index contributed by atoms with van der Waals surface area (Å²) in [6.07, 6.45) is 0. The van der Waals surface area contributed by atoms with E-state index in [4.69, 9.17) is 21.7 Å². The second kappa shape index (κ2) is 10.0. The lowest BCUT2D eigenvalue weighted by molar-refractivity contribution is -0.131. The average Bonchev–Trinajstić information content (AvgIpc) is 2.81. The predicted octanol–water partition coefficient (Wildman–Crippen LogP) is 4.30. The van der Waals surface area contributed by atoms with Gasteiger partial charge in [0.1, 0.15) is 11.6 Å². The lowest BCUT2D eigenvalue weighted by Crippen LogP contribution is -2.51. The minimum atomic E-state index is -3.04. The number of thiocarbonyl (C=S) groups is 1. The Kier molecular flexibility index (Phi) is 7.08. The van der Waals surface area contributed by atoms with E-state index in [1.807, 2.05) is 0 Å². The van der Waals surface area contributed by atoms with Gasteiger partial charge < -0.3 is 19.7 Å². The van der Waals surface area contributed by atoms with E-state index in [9.17, 15) is 18.0 Å². The Morgan fingerprint density at radius 3 is 2.56 bits per heavy atom. The molecule has 0 radical (unpaired) electrons. The van der Waals surface area contributed by atoms with Gasteiger partial charge in [0.15, 0.2) is 5.11 Å². The molecule has 1 saturated heterocycles. The highest BCUT2D eigenvalue weighted by Gasteiger charge is 2.38. The first-order valence-corrected chi connectivity index (χ1v) is 11.2. The molecule has 180 valence electrons. The summed E-state index contributed by atoms with van der Waals surface area (Å²) in [5.74, 6) is -0.759. The molecular weight excluding hydrogens is 467 g/mol. The number of carbonyl (C=O) groups excluding carboxylic acids is 1. The molecule has 0 aliphatic carbocycles. The average molecular weight is 492 g/mol. The van der Waals surface area contributed by atoms with E-state index in [0.717, 1.165) is 0 Å². The number of para-hydroxylation sites is 1. The molecule has 0 bridgehead atoms. The van der Waals surface area contributed by atoms with Gasteiger partial charge in [-0.15, -0.1) is 0 Å². The van der Waals surface area contributed by atoms with E-state index in [-0.39, 0.29) is 16.8 Å². The van der Waals surface area contributed by atoms with Crippen molar-refractivity contribution in [1.82, 2.24) is 10.2 Å². The van der Waals surface area contributed by atoms with Crippen molar-refractivity contribution in [3.63, 3.8) is 0 Å². The first-order chi connectivity index (χ1) is 16.3. The summed E-state index contributed by atoms with van der Waals surface area (Å²) in [6.45, 7) is 1.90. The lowest BCUT2D eigenvalue weighted by Gasteiger charge is -2.40. The summed E-state index contributed by atoms with van der Waals surface area (Å²) in [5.41, 5.74) is 2.04. The molecule has 2 heterocycles. The first kappa shape index (κ1) is 24.0. The van der Waals surface area contributed by atoms with E-state index >= 15 is 0 Å². The molecule has 0 spiro atoms. The second-order valence-corrected chi connectivity index (χ2v) is 8.36.